The smallest absolute Gasteiger partial charge is 0.323 e. The molecule has 0 aliphatic heterocycles. The molecule has 324 valence electrons. The van der Waals surface area contributed by atoms with Crippen molar-refractivity contribution in [1.29, 1.82) is 0 Å². The molecule has 0 heterocycles. The first-order valence-corrected chi connectivity index (χ1v) is 22.9. The number of esters is 3. The lowest BCUT2D eigenvalue weighted by molar-refractivity contribution is -0.143. The molecular formula is C45H57N3O9S3. The van der Waals surface area contributed by atoms with Gasteiger partial charge >= 0.3 is 17.9 Å². The van der Waals surface area contributed by atoms with Gasteiger partial charge in [0.25, 0.3) is 0 Å². The van der Waals surface area contributed by atoms with Crippen molar-refractivity contribution in [3.8, 4) is 17.2 Å². The molecule has 0 saturated carbocycles. The quantitative estimate of drug-likeness (QED) is 0.0336. The number of rotatable bonds is 24. The summed E-state index contributed by atoms with van der Waals surface area (Å²) in [5, 5.41) is 40.7. The van der Waals surface area contributed by atoms with Gasteiger partial charge in [0, 0.05) is 70.8 Å². The Bertz CT molecular complexity index is 1810. The first kappa shape index (κ1) is 48.3. The number of ether oxygens (including phenoxy) is 3. The van der Waals surface area contributed by atoms with Crippen LogP contribution in [0.4, 0.5) is 0 Å². The molecule has 0 aliphatic rings. The predicted molar refractivity (Wildman–Crippen MR) is 241 cm³/mol. The van der Waals surface area contributed by atoms with E-state index in [1.807, 2.05) is 57.2 Å². The molecule has 12 nitrogen and oxygen atoms in total. The van der Waals surface area contributed by atoms with E-state index in [0.29, 0.717) is 70.8 Å². The van der Waals surface area contributed by atoms with Gasteiger partial charge in [0.15, 0.2) is 0 Å². The molecule has 0 radical (unpaired) electrons. The number of thioether (sulfide) groups is 3. The third-order valence-corrected chi connectivity index (χ3v) is 12.9. The maximum atomic E-state index is 12.8. The van der Waals surface area contributed by atoms with Crippen molar-refractivity contribution >= 4 is 53.2 Å². The molecule has 4 aromatic carbocycles. The van der Waals surface area contributed by atoms with E-state index in [4.69, 9.17) is 14.2 Å². The molecule has 4 aromatic rings. The molecule has 0 spiro atoms. The molecule has 0 fully saturated rings. The van der Waals surface area contributed by atoms with Crippen LogP contribution in [0.5, 0.6) is 17.2 Å². The molecule has 0 saturated heterocycles. The van der Waals surface area contributed by atoms with Crippen molar-refractivity contribution in [3.63, 3.8) is 0 Å². The molecule has 4 rings (SSSR count). The fourth-order valence-corrected chi connectivity index (χ4v) is 9.33. The predicted octanol–water partition coefficient (Wildman–Crippen LogP) is 6.42. The van der Waals surface area contributed by atoms with Crippen molar-refractivity contribution < 1.29 is 43.9 Å². The minimum atomic E-state index is -0.609. The highest BCUT2D eigenvalue weighted by atomic mass is 32.2. The second-order valence-corrected chi connectivity index (χ2v) is 17.6. The molecule has 0 aromatic heterocycles. The Balaban J connectivity index is 1.46. The van der Waals surface area contributed by atoms with Crippen molar-refractivity contribution in [2.75, 3.05) is 38.6 Å². The molecule has 15 heteroatoms. The summed E-state index contributed by atoms with van der Waals surface area (Å²) in [5.41, 5.74) is 8.21. The number of hydrogen-bond donors (Lipinski definition) is 6. The van der Waals surface area contributed by atoms with Crippen LogP contribution in [0.3, 0.4) is 0 Å². The van der Waals surface area contributed by atoms with Crippen LogP contribution in [-0.2, 0) is 65.5 Å². The zero-order chi connectivity index (χ0) is 43.6. The van der Waals surface area contributed by atoms with Crippen LogP contribution in [0.15, 0.2) is 72.8 Å². The number of carbonyl (C=O) groups excluding carboxylic acids is 3. The highest BCUT2D eigenvalue weighted by Gasteiger charge is 2.22. The molecule has 0 unspecified atom stereocenters. The number of phenolic OH excluding ortho intramolecular Hbond substituents is 3. The maximum absolute atomic E-state index is 12.8. The fraction of sp³-hybridized carbons (Fsp3) is 0.400. The van der Waals surface area contributed by atoms with Gasteiger partial charge in [-0.1, -0.05) is 71.3 Å². The molecule has 0 aliphatic carbocycles. The maximum Gasteiger partial charge on any atom is 0.323 e. The van der Waals surface area contributed by atoms with Crippen molar-refractivity contribution in [2.24, 2.45) is 0 Å². The zero-order valence-electron chi connectivity index (χ0n) is 35.0. The Morgan fingerprint density at radius 2 is 0.750 bits per heavy atom. The Labute approximate surface area is 365 Å². The van der Waals surface area contributed by atoms with Gasteiger partial charge in [-0.05, 0) is 55.7 Å². The second kappa shape index (κ2) is 24.8. The van der Waals surface area contributed by atoms with E-state index in [2.05, 4.69) is 34.1 Å². The third-order valence-electron chi connectivity index (χ3n) is 9.55. The summed E-state index contributed by atoms with van der Waals surface area (Å²) in [4.78, 5) is 38.3. The minimum Gasteiger partial charge on any atom is -0.508 e. The number of methoxy groups -OCH3 is 3. The SMILES string of the molecule is COC(=O)[C@H](CSCc1cc(CSC[C@H](NCc2cc(C)ccc2O)C(=O)OC)cc(CSC[C@H](NCc2cc(C)ccc2O)C(=O)OC)c1)NCc1cc(C)ccc1O. The highest BCUT2D eigenvalue weighted by Crippen LogP contribution is 2.26. The Hall–Kier alpha value is -4.38. The highest BCUT2D eigenvalue weighted by molar-refractivity contribution is 7.99. The van der Waals surface area contributed by atoms with Gasteiger partial charge in [-0.3, -0.25) is 30.3 Å². The third kappa shape index (κ3) is 15.6. The van der Waals surface area contributed by atoms with Gasteiger partial charge in [0.1, 0.15) is 35.4 Å². The molecule has 0 amide bonds. The number of aryl methyl sites for hydroxylation is 3. The summed E-state index contributed by atoms with van der Waals surface area (Å²) >= 11 is 4.74. The standard InChI is InChI=1S/C45H57N3O9S3/c1-28-7-10-40(49)34(13-28)19-46-37(43(52)55-4)25-58-22-31-16-32(23-59-26-38(44(53)56-5)47-20-35-14-29(2)8-11-41(35)50)18-33(17-31)24-60-27-39(45(54)57-6)48-21-36-15-30(3)9-12-42(36)51/h7-18,37-39,46-51H,19-27H2,1-6H3/t37-,38-,39-/m0/s1. The minimum absolute atomic E-state index is 0.156. The van der Waals surface area contributed by atoms with Gasteiger partial charge in [-0.2, -0.15) is 35.3 Å². The van der Waals surface area contributed by atoms with Crippen LogP contribution in [0, 0.1) is 20.8 Å². The number of phenols is 3. The zero-order valence-corrected chi connectivity index (χ0v) is 37.5. The average Bonchev–Trinajstić information content (AvgIpc) is 3.24. The van der Waals surface area contributed by atoms with Gasteiger partial charge in [-0.25, -0.2) is 0 Å². The van der Waals surface area contributed by atoms with E-state index in [0.717, 1.165) is 33.4 Å². The van der Waals surface area contributed by atoms with Crippen molar-refractivity contribution in [1.82, 2.24) is 16.0 Å². The first-order chi connectivity index (χ1) is 28.8. The first-order valence-electron chi connectivity index (χ1n) is 19.4. The molecule has 6 N–H and O–H groups in total. The largest absolute Gasteiger partial charge is 0.508 e. The van der Waals surface area contributed by atoms with E-state index < -0.39 is 36.0 Å². The van der Waals surface area contributed by atoms with Crippen LogP contribution in [-0.4, -0.2) is 89.9 Å². The topological polar surface area (TPSA) is 176 Å². The summed E-state index contributed by atoms with van der Waals surface area (Å²) in [6, 6.07) is 20.6. The summed E-state index contributed by atoms with van der Waals surface area (Å²) in [6.07, 6.45) is 0. The molecule has 3 atom stereocenters. The van der Waals surface area contributed by atoms with Crippen LogP contribution in [0.1, 0.15) is 50.1 Å². The van der Waals surface area contributed by atoms with E-state index in [1.54, 1.807) is 53.5 Å². The molecule has 60 heavy (non-hydrogen) atoms. The van der Waals surface area contributed by atoms with E-state index >= 15 is 0 Å². The second-order valence-electron chi connectivity index (χ2n) is 14.5. The number of carbonyl (C=O) groups is 3. The van der Waals surface area contributed by atoms with Crippen molar-refractivity contribution in [2.45, 2.75) is 75.8 Å². The van der Waals surface area contributed by atoms with Crippen LogP contribution in [0.2, 0.25) is 0 Å². The van der Waals surface area contributed by atoms with Gasteiger partial charge in [0.2, 0.25) is 0 Å². The Morgan fingerprint density at radius 3 is 1.00 bits per heavy atom. The fourth-order valence-electron chi connectivity index (χ4n) is 6.30. The Kier molecular flexibility index (Phi) is 19.9. The summed E-state index contributed by atoms with van der Waals surface area (Å²) < 4.78 is 15.3. The van der Waals surface area contributed by atoms with E-state index in [9.17, 15) is 29.7 Å². The summed E-state index contributed by atoms with van der Waals surface area (Å²) in [5.74, 6) is 2.35. The lowest BCUT2D eigenvalue weighted by Crippen LogP contribution is -2.39. The van der Waals surface area contributed by atoms with E-state index in [1.165, 1.54) is 21.3 Å². The van der Waals surface area contributed by atoms with Crippen molar-refractivity contribution in [3.05, 3.63) is 123 Å². The number of benzene rings is 4. The number of aromatic hydroxyl groups is 3. The average molecular weight is 880 g/mol. The summed E-state index contributed by atoms with van der Waals surface area (Å²) in [7, 11) is 4.07. The molecular weight excluding hydrogens is 823 g/mol. The van der Waals surface area contributed by atoms with Crippen LogP contribution in [0.25, 0.3) is 0 Å². The van der Waals surface area contributed by atoms with Gasteiger partial charge in [0.05, 0.1) is 21.3 Å². The Morgan fingerprint density at radius 1 is 0.483 bits per heavy atom. The lowest BCUT2D eigenvalue weighted by atomic mass is 10.1. The van der Waals surface area contributed by atoms with Crippen LogP contribution < -0.4 is 16.0 Å². The van der Waals surface area contributed by atoms with Gasteiger partial charge < -0.3 is 29.5 Å². The van der Waals surface area contributed by atoms with E-state index in [-0.39, 0.29) is 17.2 Å². The summed E-state index contributed by atoms with van der Waals surface area (Å²) in [6.45, 7) is 6.71. The van der Waals surface area contributed by atoms with Gasteiger partial charge in [-0.15, -0.1) is 0 Å². The normalized spacial score (nSPS) is 12.7. The number of hydrogen-bond acceptors (Lipinski definition) is 15. The number of nitrogens with one attached hydrogen (secondary N) is 3. The van der Waals surface area contributed by atoms with Crippen LogP contribution >= 0.6 is 35.3 Å². The lowest BCUT2D eigenvalue weighted by Gasteiger charge is -2.18. The monoisotopic (exact) mass is 879 g/mol. The molecule has 0 bridgehead atoms.